The Morgan fingerprint density at radius 1 is 0.650 bits per heavy atom. The molecule has 106 valence electrons. The number of hydrogen-bond donors (Lipinski definition) is 2. The van der Waals surface area contributed by atoms with Crippen LogP contribution in [0, 0.1) is 0 Å². The summed E-state index contributed by atoms with van der Waals surface area (Å²) in [5, 5.41) is 19.1. The SMILES string of the molecule is Oc1c(Cl)cc(Oc2cc(Cl)c(O)c(Cl)c2)cc1Cl.[W]. The van der Waals surface area contributed by atoms with Crippen molar-refractivity contribution in [3.63, 3.8) is 0 Å². The summed E-state index contributed by atoms with van der Waals surface area (Å²) in [7, 11) is 0. The van der Waals surface area contributed by atoms with Gasteiger partial charge in [0, 0.05) is 45.3 Å². The van der Waals surface area contributed by atoms with Crippen LogP contribution in [0.4, 0.5) is 0 Å². The zero-order valence-corrected chi connectivity index (χ0v) is 15.5. The molecule has 0 aliphatic carbocycles. The molecule has 0 heterocycles. The molecule has 2 rings (SSSR count). The van der Waals surface area contributed by atoms with Gasteiger partial charge in [-0.1, -0.05) is 46.4 Å². The largest absolute Gasteiger partial charge is 0.505 e. The first-order valence-corrected chi connectivity index (χ1v) is 6.43. The molecule has 0 amide bonds. The minimum atomic E-state index is -0.225. The normalized spacial score (nSPS) is 10.0. The topological polar surface area (TPSA) is 49.7 Å². The minimum absolute atomic E-state index is 0. The Morgan fingerprint density at radius 3 is 1.15 bits per heavy atom. The third-order valence-corrected chi connectivity index (χ3v) is 3.37. The maximum absolute atomic E-state index is 9.43. The minimum Gasteiger partial charge on any atom is -0.505 e. The van der Waals surface area contributed by atoms with Crippen molar-refractivity contribution >= 4 is 46.4 Å². The molecule has 0 saturated carbocycles. The summed E-state index contributed by atoms with van der Waals surface area (Å²) in [6.07, 6.45) is 0. The van der Waals surface area contributed by atoms with Crippen molar-refractivity contribution in [2.24, 2.45) is 0 Å². The molecule has 0 atom stereocenters. The zero-order chi connectivity index (χ0) is 14.2. The molecule has 20 heavy (non-hydrogen) atoms. The van der Waals surface area contributed by atoms with Crippen molar-refractivity contribution < 1.29 is 36.0 Å². The van der Waals surface area contributed by atoms with Crippen molar-refractivity contribution in [1.29, 1.82) is 0 Å². The van der Waals surface area contributed by atoms with Crippen molar-refractivity contribution in [3.8, 4) is 23.0 Å². The number of phenols is 2. The number of halogens is 4. The molecule has 0 bridgehead atoms. The molecule has 0 unspecified atom stereocenters. The predicted molar refractivity (Wildman–Crippen MR) is 76.3 cm³/mol. The first-order valence-electron chi connectivity index (χ1n) is 4.92. The Kier molecular flexibility index (Phi) is 6.30. The van der Waals surface area contributed by atoms with Crippen LogP contribution in [0.5, 0.6) is 23.0 Å². The van der Waals surface area contributed by atoms with Gasteiger partial charge in [-0.2, -0.15) is 0 Å². The first-order chi connectivity index (χ1) is 8.88. The van der Waals surface area contributed by atoms with Crippen LogP contribution in [0.3, 0.4) is 0 Å². The van der Waals surface area contributed by atoms with Gasteiger partial charge in [-0.3, -0.25) is 0 Å². The second-order valence-corrected chi connectivity index (χ2v) is 5.20. The molecular formula is C12H6Cl4O3W. The van der Waals surface area contributed by atoms with Gasteiger partial charge in [0.2, 0.25) is 0 Å². The van der Waals surface area contributed by atoms with Gasteiger partial charge in [0.15, 0.2) is 11.5 Å². The van der Waals surface area contributed by atoms with E-state index in [1.54, 1.807) is 0 Å². The molecule has 0 aromatic heterocycles. The van der Waals surface area contributed by atoms with Crippen LogP contribution in [0.25, 0.3) is 0 Å². The summed E-state index contributed by atoms with van der Waals surface area (Å²) in [4.78, 5) is 0. The zero-order valence-electron chi connectivity index (χ0n) is 9.53. The molecule has 2 N–H and O–H groups in total. The summed E-state index contributed by atoms with van der Waals surface area (Å²) in [5.41, 5.74) is 0. The van der Waals surface area contributed by atoms with Gasteiger partial charge >= 0.3 is 0 Å². The quantitative estimate of drug-likeness (QED) is 0.546. The molecule has 0 fully saturated rings. The summed E-state index contributed by atoms with van der Waals surface area (Å²) in [6.45, 7) is 0. The number of phenolic OH excluding ortho intramolecular Hbond substituents is 2. The van der Waals surface area contributed by atoms with Crippen molar-refractivity contribution in [2.45, 2.75) is 0 Å². The van der Waals surface area contributed by atoms with Crippen LogP contribution in [-0.2, 0) is 21.1 Å². The second-order valence-electron chi connectivity index (χ2n) is 3.57. The van der Waals surface area contributed by atoms with Crippen molar-refractivity contribution in [1.82, 2.24) is 0 Å². The summed E-state index contributed by atoms with van der Waals surface area (Å²) < 4.78 is 5.45. The van der Waals surface area contributed by atoms with Crippen LogP contribution in [0.2, 0.25) is 20.1 Å². The molecule has 0 radical (unpaired) electrons. The van der Waals surface area contributed by atoms with E-state index in [0.29, 0.717) is 11.5 Å². The molecule has 0 aliphatic heterocycles. The Morgan fingerprint density at radius 2 is 0.900 bits per heavy atom. The molecule has 2 aromatic rings. The van der Waals surface area contributed by atoms with E-state index < -0.39 is 0 Å². The molecule has 0 saturated heterocycles. The second kappa shape index (κ2) is 7.10. The van der Waals surface area contributed by atoms with Crippen LogP contribution in [-0.4, -0.2) is 10.2 Å². The number of rotatable bonds is 2. The number of hydrogen-bond acceptors (Lipinski definition) is 3. The fourth-order valence-electron chi connectivity index (χ4n) is 1.34. The monoisotopic (exact) mass is 522 g/mol. The number of ether oxygens (including phenoxy) is 1. The van der Waals surface area contributed by atoms with Crippen LogP contribution in [0.15, 0.2) is 24.3 Å². The van der Waals surface area contributed by atoms with E-state index in [1.807, 2.05) is 0 Å². The van der Waals surface area contributed by atoms with Crippen LogP contribution in [0.1, 0.15) is 0 Å². The Balaban J connectivity index is 0.00000200. The molecular weight excluding hydrogens is 518 g/mol. The van der Waals surface area contributed by atoms with E-state index in [2.05, 4.69) is 0 Å². The third-order valence-electron chi connectivity index (χ3n) is 2.22. The van der Waals surface area contributed by atoms with Crippen molar-refractivity contribution in [3.05, 3.63) is 44.4 Å². The van der Waals surface area contributed by atoms with Gasteiger partial charge in [0.1, 0.15) is 11.5 Å². The molecule has 2 aromatic carbocycles. The van der Waals surface area contributed by atoms with Gasteiger partial charge in [0.05, 0.1) is 20.1 Å². The van der Waals surface area contributed by atoms with E-state index in [9.17, 15) is 10.2 Å². The Hall–Kier alpha value is -0.312. The van der Waals surface area contributed by atoms with E-state index in [-0.39, 0.29) is 52.7 Å². The maximum atomic E-state index is 9.43. The Labute approximate surface area is 149 Å². The van der Waals surface area contributed by atoms with Crippen LogP contribution >= 0.6 is 46.4 Å². The number of aromatic hydroxyl groups is 2. The van der Waals surface area contributed by atoms with Gasteiger partial charge in [-0.15, -0.1) is 0 Å². The van der Waals surface area contributed by atoms with E-state index in [4.69, 9.17) is 51.1 Å². The maximum Gasteiger partial charge on any atom is 0.153 e. The Bertz CT molecular complexity index is 547. The summed E-state index contributed by atoms with van der Waals surface area (Å²) in [5.74, 6) is 0.145. The fourth-order valence-corrected chi connectivity index (χ4v) is 2.27. The third kappa shape index (κ3) is 3.87. The average molecular weight is 524 g/mol. The molecule has 3 nitrogen and oxygen atoms in total. The smallest absolute Gasteiger partial charge is 0.153 e. The summed E-state index contributed by atoms with van der Waals surface area (Å²) >= 11 is 23.1. The summed E-state index contributed by atoms with van der Waals surface area (Å²) in [6, 6.07) is 5.55. The van der Waals surface area contributed by atoms with Crippen LogP contribution < -0.4 is 4.74 Å². The molecule has 0 spiro atoms. The predicted octanol–water partition coefficient (Wildman–Crippen LogP) is 5.50. The standard InChI is InChI=1S/C12H6Cl4O3.W/c13-7-1-5(2-8(14)11(7)17)19-6-3-9(15)12(18)10(16)4-6;/h1-4,17-18H;. The van der Waals surface area contributed by atoms with Crippen molar-refractivity contribution in [2.75, 3.05) is 0 Å². The van der Waals surface area contributed by atoms with E-state index >= 15 is 0 Å². The first kappa shape index (κ1) is 17.7. The molecule has 0 aliphatic rings. The number of benzene rings is 2. The van der Waals surface area contributed by atoms with Gasteiger partial charge in [0.25, 0.3) is 0 Å². The van der Waals surface area contributed by atoms with Gasteiger partial charge in [-0.25, -0.2) is 0 Å². The van der Waals surface area contributed by atoms with Gasteiger partial charge < -0.3 is 14.9 Å². The fraction of sp³-hybridized carbons (Fsp3) is 0. The van der Waals surface area contributed by atoms with Gasteiger partial charge in [-0.05, 0) is 0 Å². The van der Waals surface area contributed by atoms with E-state index in [1.165, 1.54) is 24.3 Å². The van der Waals surface area contributed by atoms with E-state index in [0.717, 1.165) is 0 Å². The average Bonchev–Trinajstić information content (AvgIpc) is 2.33. The molecule has 8 heteroatoms.